The third-order valence-electron chi connectivity index (χ3n) is 7.13. The van der Waals surface area contributed by atoms with E-state index in [2.05, 4.69) is 33.8 Å². The van der Waals surface area contributed by atoms with Gasteiger partial charge in [0.1, 0.15) is 6.61 Å². The standard InChI is InChI=1S/C24H34O5/c1-15(2)24(27)11-10-23(4)9-8-16(3)12-21(22(23)24)29-14-19(26)17-6-7-18(25)20(13-17)28-5/h6-8,13,15,21-22,25,27H,9-12,14H2,1-5H3/t21-,22+,23-,24+/m0/s1. The van der Waals surface area contributed by atoms with Crippen molar-refractivity contribution in [1.29, 1.82) is 0 Å². The second-order valence-electron chi connectivity index (χ2n) is 9.40. The number of hydrogen-bond donors (Lipinski definition) is 2. The van der Waals surface area contributed by atoms with Gasteiger partial charge < -0.3 is 19.7 Å². The molecule has 0 heterocycles. The minimum Gasteiger partial charge on any atom is -0.504 e. The molecule has 2 aliphatic carbocycles. The summed E-state index contributed by atoms with van der Waals surface area (Å²) >= 11 is 0. The number of carbonyl (C=O) groups excluding carboxylic acids is 1. The summed E-state index contributed by atoms with van der Waals surface area (Å²) in [5.74, 6) is 0.198. The zero-order chi connectivity index (χ0) is 21.4. The molecule has 0 amide bonds. The minimum atomic E-state index is -0.789. The predicted molar refractivity (Wildman–Crippen MR) is 112 cm³/mol. The quantitative estimate of drug-likeness (QED) is 0.541. The normalized spacial score (nSPS) is 31.9. The Morgan fingerprint density at radius 3 is 2.69 bits per heavy atom. The monoisotopic (exact) mass is 402 g/mol. The van der Waals surface area contributed by atoms with Crippen LogP contribution in [-0.2, 0) is 4.74 Å². The number of benzene rings is 1. The first-order valence-electron chi connectivity index (χ1n) is 10.5. The zero-order valence-electron chi connectivity index (χ0n) is 18.2. The summed E-state index contributed by atoms with van der Waals surface area (Å²) in [5, 5.41) is 21.3. The van der Waals surface area contributed by atoms with Crippen LogP contribution in [0.4, 0.5) is 0 Å². The van der Waals surface area contributed by atoms with Gasteiger partial charge in [0, 0.05) is 11.5 Å². The number of ketones is 1. The van der Waals surface area contributed by atoms with Crippen LogP contribution in [0.1, 0.15) is 63.7 Å². The Bertz CT molecular complexity index is 798. The molecule has 0 aromatic heterocycles. The lowest BCUT2D eigenvalue weighted by Crippen LogP contribution is -2.50. The summed E-state index contributed by atoms with van der Waals surface area (Å²) in [7, 11) is 1.45. The number of ether oxygens (including phenoxy) is 2. The SMILES string of the molecule is COc1cc(C(=O)CO[C@H]2CC(C)=CC[C@@]3(C)CC[C@@](O)(C(C)C)[C@H]23)ccc1O. The summed E-state index contributed by atoms with van der Waals surface area (Å²) in [4.78, 5) is 12.8. The van der Waals surface area contributed by atoms with Crippen LogP contribution in [0.15, 0.2) is 29.8 Å². The Morgan fingerprint density at radius 2 is 2.03 bits per heavy atom. The lowest BCUT2D eigenvalue weighted by Gasteiger charge is -2.44. The summed E-state index contributed by atoms with van der Waals surface area (Å²) in [6.45, 7) is 8.42. The molecule has 0 radical (unpaired) electrons. The number of fused-ring (bicyclic) bond motifs is 1. The highest BCUT2D eigenvalue weighted by Gasteiger charge is 2.58. The van der Waals surface area contributed by atoms with Gasteiger partial charge in [-0.2, -0.15) is 0 Å². The average molecular weight is 403 g/mol. The minimum absolute atomic E-state index is 0.00165. The number of Topliss-reactive ketones (excluding diaryl/α,β-unsaturated/α-hetero) is 1. The van der Waals surface area contributed by atoms with E-state index in [4.69, 9.17) is 9.47 Å². The fraction of sp³-hybridized carbons (Fsp3) is 0.625. The largest absolute Gasteiger partial charge is 0.504 e. The van der Waals surface area contributed by atoms with Crippen molar-refractivity contribution < 1.29 is 24.5 Å². The van der Waals surface area contributed by atoms with Crippen LogP contribution < -0.4 is 4.74 Å². The number of carbonyl (C=O) groups is 1. The van der Waals surface area contributed by atoms with Gasteiger partial charge in [-0.05, 0) is 62.1 Å². The maximum Gasteiger partial charge on any atom is 0.188 e. The molecule has 0 spiro atoms. The second-order valence-corrected chi connectivity index (χ2v) is 9.40. The molecule has 5 nitrogen and oxygen atoms in total. The molecule has 0 unspecified atom stereocenters. The van der Waals surface area contributed by atoms with Crippen LogP contribution in [0.2, 0.25) is 0 Å². The van der Waals surface area contributed by atoms with E-state index >= 15 is 0 Å². The Balaban J connectivity index is 1.82. The van der Waals surface area contributed by atoms with E-state index in [1.165, 1.54) is 24.8 Å². The van der Waals surface area contributed by atoms with Gasteiger partial charge in [0.25, 0.3) is 0 Å². The third-order valence-corrected chi connectivity index (χ3v) is 7.13. The van der Waals surface area contributed by atoms with Gasteiger partial charge in [-0.25, -0.2) is 0 Å². The lowest BCUT2D eigenvalue weighted by molar-refractivity contribution is -0.123. The van der Waals surface area contributed by atoms with Gasteiger partial charge in [-0.1, -0.05) is 32.4 Å². The number of phenols is 1. The first-order chi connectivity index (χ1) is 13.6. The smallest absolute Gasteiger partial charge is 0.188 e. The molecule has 1 saturated carbocycles. The summed E-state index contributed by atoms with van der Waals surface area (Å²) in [6, 6.07) is 4.56. The van der Waals surface area contributed by atoms with Crippen molar-refractivity contribution >= 4 is 5.78 Å². The molecule has 1 fully saturated rings. The molecule has 1 aromatic rings. The molecule has 160 valence electrons. The van der Waals surface area contributed by atoms with Gasteiger partial charge in [-0.15, -0.1) is 0 Å². The van der Waals surface area contributed by atoms with Crippen LogP contribution in [0.25, 0.3) is 0 Å². The van der Waals surface area contributed by atoms with Gasteiger partial charge in [0.05, 0.1) is 18.8 Å². The van der Waals surface area contributed by atoms with Crippen molar-refractivity contribution in [2.75, 3.05) is 13.7 Å². The van der Waals surface area contributed by atoms with E-state index < -0.39 is 5.60 Å². The molecule has 4 atom stereocenters. The van der Waals surface area contributed by atoms with Crippen molar-refractivity contribution in [2.45, 2.75) is 65.1 Å². The molecule has 5 heteroatoms. The third kappa shape index (κ3) is 4.08. The van der Waals surface area contributed by atoms with E-state index in [9.17, 15) is 15.0 Å². The number of allylic oxidation sites excluding steroid dienone is 1. The molecule has 1 aromatic carbocycles. The number of aliphatic hydroxyl groups is 1. The van der Waals surface area contributed by atoms with Gasteiger partial charge in [0.15, 0.2) is 17.3 Å². The lowest BCUT2D eigenvalue weighted by atomic mass is 9.67. The van der Waals surface area contributed by atoms with Gasteiger partial charge in [-0.3, -0.25) is 4.79 Å². The van der Waals surface area contributed by atoms with Crippen LogP contribution in [0, 0.1) is 17.3 Å². The predicted octanol–water partition coefficient (Wildman–Crippen LogP) is 4.51. The van der Waals surface area contributed by atoms with Crippen molar-refractivity contribution in [3.8, 4) is 11.5 Å². The number of rotatable bonds is 6. The average Bonchev–Trinajstić information content (AvgIpc) is 2.88. The maximum absolute atomic E-state index is 12.8. The highest BCUT2D eigenvalue weighted by Crippen LogP contribution is 2.58. The molecule has 2 N–H and O–H groups in total. The molecular weight excluding hydrogens is 368 g/mol. The van der Waals surface area contributed by atoms with E-state index in [0.717, 1.165) is 25.7 Å². The second kappa shape index (κ2) is 8.11. The number of methoxy groups -OCH3 is 1. The summed E-state index contributed by atoms with van der Waals surface area (Å²) in [5.41, 5.74) is 0.860. The fourth-order valence-corrected chi connectivity index (χ4v) is 5.25. The first-order valence-corrected chi connectivity index (χ1v) is 10.5. The number of aromatic hydroxyl groups is 1. The molecule has 2 aliphatic rings. The molecular formula is C24H34O5. The molecule has 3 rings (SSSR count). The van der Waals surface area contributed by atoms with E-state index in [-0.39, 0.29) is 47.2 Å². The molecule has 0 saturated heterocycles. The van der Waals surface area contributed by atoms with Crippen LogP contribution in [0.3, 0.4) is 0 Å². The van der Waals surface area contributed by atoms with Crippen molar-refractivity contribution in [3.63, 3.8) is 0 Å². The van der Waals surface area contributed by atoms with E-state index in [1.54, 1.807) is 6.07 Å². The molecule has 29 heavy (non-hydrogen) atoms. The van der Waals surface area contributed by atoms with Crippen molar-refractivity contribution in [3.05, 3.63) is 35.4 Å². The number of phenolic OH excluding ortho intramolecular Hbond substituents is 1. The van der Waals surface area contributed by atoms with Crippen LogP contribution in [-0.4, -0.2) is 41.4 Å². The topological polar surface area (TPSA) is 76.0 Å². The molecule has 0 aliphatic heterocycles. The van der Waals surface area contributed by atoms with Gasteiger partial charge in [0.2, 0.25) is 0 Å². The Morgan fingerprint density at radius 1 is 1.31 bits per heavy atom. The molecule has 0 bridgehead atoms. The number of hydrogen-bond acceptors (Lipinski definition) is 5. The van der Waals surface area contributed by atoms with Crippen molar-refractivity contribution in [1.82, 2.24) is 0 Å². The van der Waals surface area contributed by atoms with Crippen LogP contribution >= 0.6 is 0 Å². The first kappa shape index (κ1) is 21.8. The fourth-order valence-electron chi connectivity index (χ4n) is 5.25. The Labute approximate surface area is 173 Å². The summed E-state index contributed by atoms with van der Waals surface area (Å²) in [6.07, 6.45) is 5.44. The van der Waals surface area contributed by atoms with Gasteiger partial charge >= 0.3 is 0 Å². The highest BCUT2D eigenvalue weighted by atomic mass is 16.5. The maximum atomic E-state index is 12.8. The van der Waals surface area contributed by atoms with E-state index in [1.807, 2.05) is 0 Å². The van der Waals surface area contributed by atoms with Crippen LogP contribution in [0.5, 0.6) is 11.5 Å². The zero-order valence-corrected chi connectivity index (χ0v) is 18.2. The Hall–Kier alpha value is -1.85. The van der Waals surface area contributed by atoms with E-state index in [0.29, 0.717) is 5.56 Å². The highest BCUT2D eigenvalue weighted by molar-refractivity contribution is 5.97. The Kier molecular flexibility index (Phi) is 6.11. The van der Waals surface area contributed by atoms with Crippen molar-refractivity contribution in [2.24, 2.45) is 17.3 Å². The summed E-state index contributed by atoms with van der Waals surface area (Å²) < 4.78 is 11.3.